The molecule has 1 fully saturated rings. The Bertz CT molecular complexity index is 1130. The van der Waals surface area contributed by atoms with E-state index in [1.54, 1.807) is 4.90 Å². The lowest BCUT2D eigenvalue weighted by atomic mass is 9.94. The Balaban J connectivity index is 1.54. The van der Waals surface area contributed by atoms with E-state index < -0.39 is 0 Å². The molecule has 36 heavy (non-hydrogen) atoms. The number of hydrogen-bond acceptors (Lipinski definition) is 2. The molecule has 2 amide bonds. The fraction of sp³-hybridized carbons (Fsp3) is 0.400. The smallest absolute Gasteiger partial charge is 0.254 e. The molecule has 1 aliphatic carbocycles. The van der Waals surface area contributed by atoms with Crippen LogP contribution >= 0.6 is 15.9 Å². The Morgan fingerprint density at radius 3 is 2.31 bits per heavy atom. The molecule has 0 bridgehead atoms. The Kier molecular flexibility index (Phi) is 9.03. The van der Waals surface area contributed by atoms with Gasteiger partial charge in [-0.2, -0.15) is 0 Å². The summed E-state index contributed by atoms with van der Waals surface area (Å²) in [6.07, 6.45) is 7.64. The zero-order chi connectivity index (χ0) is 25.5. The first-order chi connectivity index (χ1) is 17.4. The highest BCUT2D eigenvalue weighted by Crippen LogP contribution is 2.25. The van der Waals surface area contributed by atoms with Gasteiger partial charge in [-0.1, -0.05) is 65.5 Å². The molecule has 0 unspecified atom stereocenters. The molecule has 2 aromatic carbocycles. The zero-order valence-electron chi connectivity index (χ0n) is 21.3. The monoisotopic (exact) mass is 549 g/mol. The van der Waals surface area contributed by atoms with Gasteiger partial charge < -0.3 is 14.4 Å². The highest BCUT2D eigenvalue weighted by molar-refractivity contribution is 9.10. The average molecular weight is 551 g/mol. The van der Waals surface area contributed by atoms with E-state index in [2.05, 4.69) is 63.1 Å². The van der Waals surface area contributed by atoms with Crippen molar-refractivity contribution in [1.29, 1.82) is 0 Å². The summed E-state index contributed by atoms with van der Waals surface area (Å²) in [6.45, 7) is 5.36. The molecular formula is C30H36BrN3O2. The van der Waals surface area contributed by atoms with Gasteiger partial charge in [0.2, 0.25) is 5.91 Å². The summed E-state index contributed by atoms with van der Waals surface area (Å²) in [5.41, 5.74) is 2.95. The second-order valence-corrected chi connectivity index (χ2v) is 10.9. The second-order valence-electron chi connectivity index (χ2n) is 9.96. The summed E-state index contributed by atoms with van der Waals surface area (Å²) in [4.78, 5) is 30.9. The Labute approximate surface area is 223 Å². The third-order valence-corrected chi connectivity index (χ3v) is 7.60. The molecule has 0 N–H and O–H groups in total. The minimum atomic E-state index is -0.109. The van der Waals surface area contributed by atoms with Gasteiger partial charge in [0.05, 0.1) is 6.54 Å². The van der Waals surface area contributed by atoms with Gasteiger partial charge in [-0.15, -0.1) is 0 Å². The molecule has 1 aromatic heterocycles. The molecule has 4 rings (SSSR count). The molecule has 1 aliphatic rings. The minimum absolute atomic E-state index is 0.0218. The van der Waals surface area contributed by atoms with Crippen molar-refractivity contribution in [1.82, 2.24) is 14.4 Å². The lowest BCUT2D eigenvalue weighted by Crippen LogP contribution is -2.49. The molecule has 0 saturated heterocycles. The lowest BCUT2D eigenvalue weighted by molar-refractivity contribution is -0.136. The first-order valence-corrected chi connectivity index (χ1v) is 13.8. The van der Waals surface area contributed by atoms with Gasteiger partial charge >= 0.3 is 0 Å². The number of carbonyl (C=O) groups excluding carboxylic acids is 2. The van der Waals surface area contributed by atoms with Crippen molar-refractivity contribution >= 4 is 27.7 Å². The Morgan fingerprint density at radius 1 is 0.944 bits per heavy atom. The molecule has 5 nitrogen and oxygen atoms in total. The summed E-state index contributed by atoms with van der Waals surface area (Å²) < 4.78 is 3.15. The van der Waals surface area contributed by atoms with Crippen LogP contribution in [-0.4, -0.2) is 44.8 Å². The summed E-state index contributed by atoms with van der Waals surface area (Å²) >= 11 is 3.43. The minimum Gasteiger partial charge on any atom is -0.345 e. The molecule has 0 aliphatic heterocycles. The maximum Gasteiger partial charge on any atom is 0.254 e. The normalized spacial score (nSPS) is 14.1. The summed E-state index contributed by atoms with van der Waals surface area (Å²) in [5, 5.41) is 0. The topological polar surface area (TPSA) is 45.6 Å². The third kappa shape index (κ3) is 6.67. The SMILES string of the molecule is CC(C)N(CC(=O)N(Cc1cccn1Cc1ccccc1)C1CCCCC1)C(=O)c1ccc(Br)cc1. The van der Waals surface area contributed by atoms with Gasteiger partial charge in [-0.25, -0.2) is 0 Å². The molecule has 190 valence electrons. The Morgan fingerprint density at radius 2 is 1.64 bits per heavy atom. The van der Waals surface area contributed by atoms with E-state index in [0.717, 1.165) is 42.4 Å². The van der Waals surface area contributed by atoms with Crippen LogP contribution in [0.5, 0.6) is 0 Å². The van der Waals surface area contributed by atoms with Crippen LogP contribution in [0, 0.1) is 0 Å². The van der Waals surface area contributed by atoms with Crippen LogP contribution in [0.1, 0.15) is 67.6 Å². The molecule has 0 atom stereocenters. The Hall–Kier alpha value is -2.86. The van der Waals surface area contributed by atoms with Crippen molar-refractivity contribution in [3.63, 3.8) is 0 Å². The first kappa shape index (κ1) is 26.2. The summed E-state index contributed by atoms with van der Waals surface area (Å²) in [6, 6.07) is 22.0. The van der Waals surface area contributed by atoms with Crippen LogP contribution in [-0.2, 0) is 17.9 Å². The number of rotatable bonds is 9. The molecule has 0 spiro atoms. The zero-order valence-corrected chi connectivity index (χ0v) is 22.9. The van der Waals surface area contributed by atoms with Crippen molar-refractivity contribution in [3.8, 4) is 0 Å². The number of hydrogen-bond donors (Lipinski definition) is 0. The van der Waals surface area contributed by atoms with Crippen LogP contribution in [0.3, 0.4) is 0 Å². The fourth-order valence-corrected chi connectivity index (χ4v) is 5.26. The van der Waals surface area contributed by atoms with E-state index in [9.17, 15) is 9.59 Å². The van der Waals surface area contributed by atoms with Crippen molar-refractivity contribution < 1.29 is 9.59 Å². The second kappa shape index (κ2) is 12.4. The average Bonchev–Trinajstić information content (AvgIpc) is 3.33. The molecular weight excluding hydrogens is 514 g/mol. The van der Waals surface area contributed by atoms with Gasteiger partial charge in [-0.05, 0) is 68.7 Å². The number of carbonyl (C=O) groups is 2. The lowest BCUT2D eigenvalue weighted by Gasteiger charge is -2.37. The first-order valence-electron chi connectivity index (χ1n) is 13.0. The summed E-state index contributed by atoms with van der Waals surface area (Å²) in [7, 11) is 0. The molecule has 6 heteroatoms. The van der Waals surface area contributed by atoms with Crippen LogP contribution in [0.25, 0.3) is 0 Å². The largest absolute Gasteiger partial charge is 0.345 e. The van der Waals surface area contributed by atoms with Crippen LogP contribution in [0.4, 0.5) is 0 Å². The van der Waals surface area contributed by atoms with Crippen LogP contribution < -0.4 is 0 Å². The highest BCUT2D eigenvalue weighted by Gasteiger charge is 2.30. The standard InChI is InChI=1S/C30H36BrN3O2/c1-23(2)33(30(36)25-15-17-26(31)18-16-25)22-29(35)34(27-12-7-4-8-13-27)21-28-14-9-19-32(28)20-24-10-5-3-6-11-24/h3,5-6,9-11,14-19,23,27H,4,7-8,12-13,20-22H2,1-2H3. The third-order valence-electron chi connectivity index (χ3n) is 7.07. The van der Waals surface area contributed by atoms with E-state index in [1.165, 1.54) is 12.0 Å². The molecule has 1 saturated carbocycles. The number of amides is 2. The molecule has 3 aromatic rings. The maximum absolute atomic E-state index is 13.9. The predicted octanol–water partition coefficient (Wildman–Crippen LogP) is 6.51. The quantitative estimate of drug-likeness (QED) is 0.305. The van der Waals surface area contributed by atoms with Crippen molar-refractivity contribution in [2.45, 2.75) is 71.1 Å². The molecule has 0 radical (unpaired) electrons. The van der Waals surface area contributed by atoms with Gasteiger partial charge in [0.1, 0.15) is 6.54 Å². The number of halogens is 1. The van der Waals surface area contributed by atoms with Gasteiger partial charge in [-0.3, -0.25) is 9.59 Å². The van der Waals surface area contributed by atoms with Crippen molar-refractivity contribution in [2.75, 3.05) is 6.54 Å². The summed E-state index contributed by atoms with van der Waals surface area (Å²) in [5.74, 6) is -0.0876. The van der Waals surface area contributed by atoms with E-state index in [0.29, 0.717) is 12.1 Å². The van der Waals surface area contributed by atoms with Gasteiger partial charge in [0.15, 0.2) is 0 Å². The van der Waals surface area contributed by atoms with E-state index in [1.807, 2.05) is 49.1 Å². The predicted molar refractivity (Wildman–Crippen MR) is 148 cm³/mol. The van der Waals surface area contributed by atoms with E-state index in [-0.39, 0.29) is 30.4 Å². The number of nitrogens with zero attached hydrogens (tertiary/aromatic N) is 3. The van der Waals surface area contributed by atoms with Gasteiger partial charge in [0.25, 0.3) is 5.91 Å². The van der Waals surface area contributed by atoms with Crippen molar-refractivity contribution in [3.05, 3.63) is 94.2 Å². The van der Waals surface area contributed by atoms with E-state index in [4.69, 9.17) is 0 Å². The maximum atomic E-state index is 13.9. The van der Waals surface area contributed by atoms with Gasteiger partial charge in [0, 0.05) is 40.6 Å². The van der Waals surface area contributed by atoms with Crippen LogP contribution in [0.15, 0.2) is 77.4 Å². The fourth-order valence-electron chi connectivity index (χ4n) is 5.00. The number of aromatic nitrogens is 1. The van der Waals surface area contributed by atoms with Crippen molar-refractivity contribution in [2.24, 2.45) is 0 Å². The van der Waals surface area contributed by atoms with Crippen LogP contribution in [0.2, 0.25) is 0 Å². The molecule has 1 heterocycles. The van der Waals surface area contributed by atoms with E-state index >= 15 is 0 Å². The highest BCUT2D eigenvalue weighted by atomic mass is 79.9. The number of benzene rings is 2.